The molecule has 32 heavy (non-hydrogen) atoms. The lowest BCUT2D eigenvalue weighted by Crippen LogP contribution is -2.48. The lowest BCUT2D eigenvalue weighted by molar-refractivity contribution is -0.115. The van der Waals surface area contributed by atoms with Crippen molar-refractivity contribution in [2.75, 3.05) is 0 Å². The van der Waals surface area contributed by atoms with Crippen molar-refractivity contribution < 1.29 is 14.7 Å². The molecule has 0 atom stereocenters. The maximum absolute atomic E-state index is 12.0. The Labute approximate surface area is 191 Å². The third-order valence-corrected chi connectivity index (χ3v) is 9.04. The molecular formula is C26H26N2O3S. The van der Waals surface area contributed by atoms with Gasteiger partial charge in [-0.3, -0.25) is 19.9 Å². The van der Waals surface area contributed by atoms with Gasteiger partial charge < -0.3 is 5.11 Å². The number of nitrogens with zero attached hydrogens (tertiary/aromatic N) is 1. The van der Waals surface area contributed by atoms with E-state index in [9.17, 15) is 14.7 Å². The first kappa shape index (κ1) is 20.0. The maximum atomic E-state index is 12.0. The molecule has 1 saturated heterocycles. The van der Waals surface area contributed by atoms with Crippen molar-refractivity contribution in [2.45, 2.75) is 50.9 Å². The monoisotopic (exact) mass is 446 g/mol. The Morgan fingerprint density at radius 1 is 1.06 bits per heavy atom. The standard InChI is InChI=1S/C26H26N2O3S/c1-14(23-24(30)28-25(31)32-23)19-2-4-21(27-13-19)18-3-5-22(29)20(9-18)26-10-15-6-16(11-26)8-17(7-15)12-26/h2-5,9,13,15-17,29H,6-8,10-12H2,1H3,(H,28,30,31). The number of benzene rings is 1. The summed E-state index contributed by atoms with van der Waals surface area (Å²) in [6.45, 7) is 1.84. The molecule has 0 radical (unpaired) electrons. The summed E-state index contributed by atoms with van der Waals surface area (Å²) >= 11 is 0.932. The number of carbonyl (C=O) groups excluding carboxylic acids is 2. The molecule has 1 aliphatic heterocycles. The largest absolute Gasteiger partial charge is 0.508 e. The quantitative estimate of drug-likeness (QED) is 0.597. The van der Waals surface area contributed by atoms with Crippen LogP contribution >= 0.6 is 11.8 Å². The van der Waals surface area contributed by atoms with Crippen LogP contribution in [0.2, 0.25) is 0 Å². The summed E-state index contributed by atoms with van der Waals surface area (Å²) in [5.74, 6) is 2.52. The summed E-state index contributed by atoms with van der Waals surface area (Å²) in [5.41, 5.74) is 4.65. The van der Waals surface area contributed by atoms with E-state index >= 15 is 0 Å². The summed E-state index contributed by atoms with van der Waals surface area (Å²) in [7, 11) is 0. The number of thioether (sulfide) groups is 1. The minimum Gasteiger partial charge on any atom is -0.508 e. The number of amides is 2. The number of hydrogen-bond acceptors (Lipinski definition) is 5. The smallest absolute Gasteiger partial charge is 0.290 e. The van der Waals surface area contributed by atoms with Crippen molar-refractivity contribution in [1.29, 1.82) is 0 Å². The Morgan fingerprint density at radius 3 is 2.31 bits per heavy atom. The Balaban J connectivity index is 1.33. The molecule has 0 spiro atoms. The first-order valence-corrected chi connectivity index (χ1v) is 12.3. The molecular weight excluding hydrogens is 420 g/mol. The fraction of sp³-hybridized carbons (Fsp3) is 0.423. The van der Waals surface area contributed by atoms with E-state index in [2.05, 4.69) is 16.4 Å². The lowest BCUT2D eigenvalue weighted by atomic mass is 9.48. The second-order valence-corrected chi connectivity index (χ2v) is 11.1. The number of pyridine rings is 1. The van der Waals surface area contributed by atoms with Crippen molar-refractivity contribution >= 4 is 28.5 Å². The highest BCUT2D eigenvalue weighted by molar-refractivity contribution is 8.18. The average Bonchev–Trinajstić information content (AvgIpc) is 3.10. The highest BCUT2D eigenvalue weighted by atomic mass is 32.2. The van der Waals surface area contributed by atoms with Gasteiger partial charge in [0.1, 0.15) is 5.75 Å². The number of aromatic hydroxyl groups is 1. The third kappa shape index (κ3) is 3.19. The number of phenols is 1. The first-order chi connectivity index (χ1) is 15.4. The van der Waals surface area contributed by atoms with E-state index in [4.69, 9.17) is 0 Å². The number of imide groups is 1. The van der Waals surface area contributed by atoms with E-state index in [1.807, 2.05) is 31.2 Å². The normalized spacial score (nSPS) is 32.3. The van der Waals surface area contributed by atoms with Gasteiger partial charge in [0.25, 0.3) is 11.1 Å². The minimum absolute atomic E-state index is 0.120. The van der Waals surface area contributed by atoms with Crippen LogP contribution in [0.5, 0.6) is 5.75 Å². The van der Waals surface area contributed by atoms with Crippen molar-refractivity contribution in [3.8, 4) is 17.0 Å². The predicted octanol–water partition coefficient (Wildman–Crippen LogP) is 5.64. The van der Waals surface area contributed by atoms with Crippen LogP contribution in [0.3, 0.4) is 0 Å². The highest BCUT2D eigenvalue weighted by Gasteiger charge is 2.52. The predicted molar refractivity (Wildman–Crippen MR) is 125 cm³/mol. The van der Waals surface area contributed by atoms with E-state index in [0.717, 1.165) is 57.5 Å². The Hall–Kier alpha value is -2.60. The number of phenolic OH excluding ortho intramolecular Hbond substituents is 1. The van der Waals surface area contributed by atoms with Crippen LogP contribution in [0, 0.1) is 17.8 Å². The molecule has 1 aromatic carbocycles. The van der Waals surface area contributed by atoms with Gasteiger partial charge in [0.15, 0.2) is 0 Å². The number of allylic oxidation sites excluding steroid dienone is 1. The molecule has 4 aliphatic carbocycles. The Bertz CT molecular complexity index is 1130. The van der Waals surface area contributed by atoms with E-state index in [1.165, 1.54) is 38.5 Å². The highest BCUT2D eigenvalue weighted by Crippen LogP contribution is 2.62. The Kier molecular flexibility index (Phi) is 4.51. The second-order valence-electron chi connectivity index (χ2n) is 10.2. The molecule has 4 bridgehead atoms. The summed E-state index contributed by atoms with van der Waals surface area (Å²) < 4.78 is 0. The maximum Gasteiger partial charge on any atom is 0.290 e. The molecule has 1 aromatic heterocycles. The molecule has 2 aromatic rings. The number of rotatable bonds is 3. The fourth-order valence-electron chi connectivity index (χ4n) is 7.04. The number of hydrogen-bond donors (Lipinski definition) is 2. The van der Waals surface area contributed by atoms with E-state index in [0.29, 0.717) is 10.7 Å². The SMILES string of the molecule is CC(=C1SC(=O)NC1=O)c1ccc(-c2ccc(O)c(C34CC5CC(CC(C5)C3)C4)c2)nc1. The van der Waals surface area contributed by atoms with Gasteiger partial charge in [0, 0.05) is 17.3 Å². The van der Waals surface area contributed by atoms with Crippen molar-refractivity contribution in [3.05, 3.63) is 52.6 Å². The number of carbonyl (C=O) groups is 2. The van der Waals surface area contributed by atoms with E-state index in [1.54, 1.807) is 6.20 Å². The summed E-state index contributed by atoms with van der Waals surface area (Å²) in [6, 6.07) is 9.82. The second kappa shape index (κ2) is 7.20. The zero-order chi connectivity index (χ0) is 22.0. The van der Waals surface area contributed by atoms with Crippen molar-refractivity contribution in [2.24, 2.45) is 17.8 Å². The third-order valence-electron chi connectivity index (χ3n) is 8.06. The van der Waals surface area contributed by atoms with Crippen LogP contribution in [0.15, 0.2) is 41.4 Å². The van der Waals surface area contributed by atoms with Gasteiger partial charge in [-0.2, -0.15) is 0 Å². The van der Waals surface area contributed by atoms with Crippen LogP contribution in [-0.4, -0.2) is 21.2 Å². The Morgan fingerprint density at radius 2 is 1.75 bits per heavy atom. The lowest BCUT2D eigenvalue weighted by Gasteiger charge is -2.57. The van der Waals surface area contributed by atoms with Gasteiger partial charge in [-0.05, 0) is 116 Å². The summed E-state index contributed by atoms with van der Waals surface area (Å²) in [6.07, 6.45) is 9.48. The van der Waals surface area contributed by atoms with Crippen molar-refractivity contribution in [1.82, 2.24) is 10.3 Å². The first-order valence-electron chi connectivity index (χ1n) is 11.4. The zero-order valence-corrected chi connectivity index (χ0v) is 18.9. The zero-order valence-electron chi connectivity index (χ0n) is 18.1. The molecule has 6 heteroatoms. The summed E-state index contributed by atoms with van der Waals surface area (Å²) in [5, 5.41) is 12.8. The van der Waals surface area contributed by atoms with Gasteiger partial charge in [0.05, 0.1) is 10.6 Å². The molecule has 7 rings (SSSR count). The van der Waals surface area contributed by atoms with Crippen LogP contribution in [-0.2, 0) is 10.2 Å². The molecule has 5 fully saturated rings. The van der Waals surface area contributed by atoms with Gasteiger partial charge in [-0.1, -0.05) is 6.07 Å². The minimum atomic E-state index is -0.347. The topological polar surface area (TPSA) is 79.3 Å². The molecule has 4 saturated carbocycles. The molecule has 2 amide bonds. The van der Waals surface area contributed by atoms with Crippen molar-refractivity contribution in [3.63, 3.8) is 0 Å². The van der Waals surface area contributed by atoms with Gasteiger partial charge >= 0.3 is 0 Å². The molecule has 164 valence electrons. The van der Waals surface area contributed by atoms with Crippen LogP contribution in [0.4, 0.5) is 4.79 Å². The molecule has 2 heterocycles. The number of nitrogens with one attached hydrogen (secondary N) is 1. The molecule has 5 aliphatic rings. The number of aromatic nitrogens is 1. The van der Waals surface area contributed by atoms with E-state index in [-0.39, 0.29) is 16.6 Å². The average molecular weight is 447 g/mol. The van der Waals surface area contributed by atoms with Crippen LogP contribution in [0.25, 0.3) is 16.8 Å². The van der Waals surface area contributed by atoms with E-state index < -0.39 is 0 Å². The fourth-order valence-corrected chi connectivity index (χ4v) is 7.78. The summed E-state index contributed by atoms with van der Waals surface area (Å²) in [4.78, 5) is 28.5. The van der Waals surface area contributed by atoms with Gasteiger partial charge in [-0.15, -0.1) is 0 Å². The molecule has 2 N–H and O–H groups in total. The van der Waals surface area contributed by atoms with Crippen LogP contribution < -0.4 is 5.32 Å². The van der Waals surface area contributed by atoms with Crippen LogP contribution in [0.1, 0.15) is 56.6 Å². The van der Waals surface area contributed by atoms with Gasteiger partial charge in [-0.25, -0.2) is 0 Å². The van der Waals surface area contributed by atoms with Gasteiger partial charge in [0.2, 0.25) is 0 Å². The molecule has 0 unspecified atom stereocenters. The molecule has 5 nitrogen and oxygen atoms in total.